The summed E-state index contributed by atoms with van der Waals surface area (Å²) in [6, 6.07) is 19.0. The lowest BCUT2D eigenvalue weighted by atomic mass is 9.88. The number of Topliss-reactive ketones (excluding diaryl/α,β-unsaturated/α-hetero) is 1. The Labute approximate surface area is 180 Å². The van der Waals surface area contributed by atoms with Crippen LogP contribution in [-0.2, 0) is 6.42 Å². The van der Waals surface area contributed by atoms with Crippen molar-refractivity contribution < 1.29 is 9.53 Å². The molecule has 1 atom stereocenters. The van der Waals surface area contributed by atoms with Crippen LogP contribution in [0.5, 0.6) is 5.75 Å². The Bertz CT molecular complexity index is 815. The van der Waals surface area contributed by atoms with E-state index < -0.39 is 0 Å². The first-order valence-corrected chi connectivity index (χ1v) is 11.4. The third-order valence-corrected chi connectivity index (χ3v) is 6.81. The van der Waals surface area contributed by atoms with E-state index in [1.807, 2.05) is 24.3 Å². The number of rotatable bonds is 7. The summed E-state index contributed by atoms with van der Waals surface area (Å²) in [5.74, 6) is 1.15. The Morgan fingerprint density at radius 3 is 2.57 bits per heavy atom. The van der Waals surface area contributed by atoms with Crippen molar-refractivity contribution in [3.63, 3.8) is 0 Å². The van der Waals surface area contributed by atoms with Gasteiger partial charge in [-0.1, -0.05) is 42.5 Å². The SMILES string of the molecule is COc1cccc(C(=O)[C@H]2CCCN(C3CCN(CCc4ccccc4)CC3)C2)c1. The second-order valence-electron chi connectivity index (χ2n) is 8.74. The molecule has 2 aromatic carbocycles. The minimum absolute atomic E-state index is 0.113. The maximum atomic E-state index is 13.1. The average molecular weight is 407 g/mol. The van der Waals surface area contributed by atoms with Crippen LogP contribution < -0.4 is 4.74 Å². The quantitative estimate of drug-likeness (QED) is 0.642. The number of ether oxygens (including phenoxy) is 1. The largest absolute Gasteiger partial charge is 0.497 e. The molecule has 2 fully saturated rings. The van der Waals surface area contributed by atoms with E-state index in [1.54, 1.807) is 7.11 Å². The van der Waals surface area contributed by atoms with Crippen LogP contribution in [0.25, 0.3) is 0 Å². The zero-order chi connectivity index (χ0) is 20.8. The van der Waals surface area contributed by atoms with Crippen molar-refractivity contribution in [2.45, 2.75) is 38.1 Å². The maximum absolute atomic E-state index is 13.1. The van der Waals surface area contributed by atoms with E-state index in [-0.39, 0.29) is 11.7 Å². The van der Waals surface area contributed by atoms with Crippen LogP contribution in [0.15, 0.2) is 54.6 Å². The molecule has 4 nitrogen and oxygen atoms in total. The molecule has 0 amide bonds. The number of nitrogens with zero attached hydrogens (tertiary/aromatic N) is 2. The summed E-state index contributed by atoms with van der Waals surface area (Å²) in [4.78, 5) is 18.3. The molecule has 2 aromatic rings. The van der Waals surface area contributed by atoms with Gasteiger partial charge < -0.3 is 9.64 Å². The first kappa shape index (κ1) is 21.1. The van der Waals surface area contributed by atoms with Crippen LogP contribution in [0.1, 0.15) is 41.6 Å². The third-order valence-electron chi connectivity index (χ3n) is 6.81. The Hall–Kier alpha value is -2.17. The van der Waals surface area contributed by atoms with Gasteiger partial charge in [0.2, 0.25) is 0 Å². The van der Waals surface area contributed by atoms with Gasteiger partial charge in [0, 0.05) is 30.6 Å². The molecule has 0 saturated carbocycles. The van der Waals surface area contributed by atoms with Crippen LogP contribution >= 0.6 is 0 Å². The first-order chi connectivity index (χ1) is 14.7. The zero-order valence-corrected chi connectivity index (χ0v) is 18.1. The maximum Gasteiger partial charge on any atom is 0.167 e. The summed E-state index contributed by atoms with van der Waals surface area (Å²) in [7, 11) is 1.65. The van der Waals surface area contributed by atoms with E-state index in [4.69, 9.17) is 4.74 Å². The van der Waals surface area contributed by atoms with Gasteiger partial charge in [0.25, 0.3) is 0 Å². The minimum Gasteiger partial charge on any atom is -0.497 e. The molecular weight excluding hydrogens is 372 g/mol. The van der Waals surface area contributed by atoms with E-state index in [0.29, 0.717) is 6.04 Å². The van der Waals surface area contributed by atoms with Gasteiger partial charge in [-0.3, -0.25) is 9.69 Å². The van der Waals surface area contributed by atoms with Crippen molar-refractivity contribution in [1.82, 2.24) is 9.80 Å². The number of benzene rings is 2. The first-order valence-electron chi connectivity index (χ1n) is 11.4. The van der Waals surface area contributed by atoms with Crippen LogP contribution in [-0.4, -0.2) is 61.5 Å². The van der Waals surface area contributed by atoms with Crippen LogP contribution in [0, 0.1) is 5.92 Å². The number of likely N-dealkylation sites (tertiary alicyclic amines) is 2. The Balaban J connectivity index is 1.27. The molecule has 2 heterocycles. The normalized spacial score (nSPS) is 21.4. The Morgan fingerprint density at radius 1 is 1.00 bits per heavy atom. The van der Waals surface area contributed by atoms with E-state index in [1.165, 1.54) is 31.5 Å². The highest BCUT2D eigenvalue weighted by Crippen LogP contribution is 2.27. The van der Waals surface area contributed by atoms with Gasteiger partial charge in [0.1, 0.15) is 5.75 Å². The highest BCUT2D eigenvalue weighted by atomic mass is 16.5. The topological polar surface area (TPSA) is 32.8 Å². The van der Waals surface area contributed by atoms with Crippen LogP contribution in [0.4, 0.5) is 0 Å². The standard InChI is InChI=1S/C26H34N2O2/c1-30-25-11-5-9-22(19-25)26(29)23-10-6-15-28(20-23)24-13-17-27(18-14-24)16-12-21-7-3-2-4-8-21/h2-5,7-9,11,19,23-24H,6,10,12-18,20H2,1H3/t23-/m0/s1. The van der Waals surface area contributed by atoms with Crippen molar-refractivity contribution in [3.05, 3.63) is 65.7 Å². The molecule has 0 aromatic heterocycles. The summed E-state index contributed by atoms with van der Waals surface area (Å²) < 4.78 is 5.30. The molecule has 0 bridgehead atoms. The summed E-state index contributed by atoms with van der Waals surface area (Å²) in [6.45, 7) is 5.53. The van der Waals surface area contributed by atoms with E-state index in [2.05, 4.69) is 40.1 Å². The summed E-state index contributed by atoms with van der Waals surface area (Å²) >= 11 is 0. The molecular formula is C26H34N2O2. The van der Waals surface area contributed by atoms with Gasteiger partial charge in [-0.15, -0.1) is 0 Å². The predicted molar refractivity (Wildman–Crippen MR) is 121 cm³/mol. The van der Waals surface area contributed by atoms with Crippen molar-refractivity contribution in [2.75, 3.05) is 39.8 Å². The molecule has 0 spiro atoms. The van der Waals surface area contributed by atoms with E-state index in [9.17, 15) is 4.79 Å². The van der Waals surface area contributed by atoms with Gasteiger partial charge >= 0.3 is 0 Å². The van der Waals surface area contributed by atoms with Gasteiger partial charge in [-0.2, -0.15) is 0 Å². The van der Waals surface area contributed by atoms with Gasteiger partial charge in [-0.05, 0) is 69.4 Å². The van der Waals surface area contributed by atoms with Gasteiger partial charge in [0.05, 0.1) is 7.11 Å². The fourth-order valence-electron chi connectivity index (χ4n) is 5.00. The average Bonchev–Trinajstić information content (AvgIpc) is 2.83. The Morgan fingerprint density at radius 2 is 1.80 bits per heavy atom. The third kappa shape index (κ3) is 5.30. The summed E-state index contributed by atoms with van der Waals surface area (Å²) in [6.07, 6.45) is 5.69. The monoisotopic (exact) mass is 406 g/mol. The zero-order valence-electron chi connectivity index (χ0n) is 18.1. The van der Waals surface area contributed by atoms with Crippen LogP contribution in [0.3, 0.4) is 0 Å². The fraction of sp³-hybridized carbons (Fsp3) is 0.500. The number of piperidine rings is 2. The summed E-state index contributed by atoms with van der Waals surface area (Å²) in [5.41, 5.74) is 2.21. The second-order valence-corrected chi connectivity index (χ2v) is 8.74. The highest BCUT2D eigenvalue weighted by molar-refractivity contribution is 5.98. The molecule has 0 aliphatic carbocycles. The number of carbonyl (C=O) groups is 1. The van der Waals surface area contributed by atoms with Crippen molar-refractivity contribution in [2.24, 2.45) is 5.92 Å². The molecule has 4 heteroatoms. The summed E-state index contributed by atoms with van der Waals surface area (Å²) in [5, 5.41) is 0. The number of hydrogen-bond acceptors (Lipinski definition) is 4. The number of carbonyl (C=O) groups excluding carboxylic acids is 1. The van der Waals surface area contributed by atoms with Crippen molar-refractivity contribution >= 4 is 5.78 Å². The van der Waals surface area contributed by atoms with Gasteiger partial charge in [-0.25, -0.2) is 0 Å². The molecule has 0 N–H and O–H groups in total. The van der Waals surface area contributed by atoms with E-state index >= 15 is 0 Å². The lowest BCUT2D eigenvalue weighted by Crippen LogP contribution is -2.49. The lowest BCUT2D eigenvalue weighted by Gasteiger charge is -2.42. The van der Waals surface area contributed by atoms with Crippen molar-refractivity contribution in [1.29, 1.82) is 0 Å². The fourth-order valence-corrected chi connectivity index (χ4v) is 5.00. The molecule has 0 radical (unpaired) electrons. The Kier molecular flexibility index (Phi) is 7.19. The number of hydrogen-bond donors (Lipinski definition) is 0. The van der Waals surface area contributed by atoms with Crippen LogP contribution in [0.2, 0.25) is 0 Å². The van der Waals surface area contributed by atoms with Gasteiger partial charge in [0.15, 0.2) is 5.78 Å². The highest BCUT2D eigenvalue weighted by Gasteiger charge is 2.32. The molecule has 4 rings (SSSR count). The predicted octanol–water partition coefficient (Wildman–Crippen LogP) is 4.30. The molecule has 0 unspecified atom stereocenters. The van der Waals surface area contributed by atoms with E-state index in [0.717, 1.165) is 50.2 Å². The minimum atomic E-state index is 0.113. The number of methoxy groups -OCH3 is 1. The van der Waals surface area contributed by atoms with Crippen molar-refractivity contribution in [3.8, 4) is 5.75 Å². The molecule has 2 aliphatic rings. The molecule has 2 aliphatic heterocycles. The smallest absolute Gasteiger partial charge is 0.167 e. The lowest BCUT2D eigenvalue weighted by molar-refractivity contribution is 0.0598. The number of ketones is 1. The molecule has 2 saturated heterocycles. The second kappa shape index (κ2) is 10.2. The molecule has 30 heavy (non-hydrogen) atoms. The molecule has 160 valence electrons.